The van der Waals surface area contributed by atoms with Crippen LogP contribution in [-0.2, 0) is 47.7 Å². The molecule has 0 spiro atoms. The van der Waals surface area contributed by atoms with Gasteiger partial charge in [-0.15, -0.1) is 18.5 Å². The van der Waals surface area contributed by atoms with E-state index in [1.54, 1.807) is 6.92 Å². The molecule has 0 aromatic carbocycles. The molecule has 0 radical (unpaired) electrons. The van der Waals surface area contributed by atoms with Gasteiger partial charge in [0.1, 0.15) is 18.3 Å². The van der Waals surface area contributed by atoms with E-state index in [-0.39, 0.29) is 6.29 Å². The fourth-order valence-corrected chi connectivity index (χ4v) is 4.79. The summed E-state index contributed by atoms with van der Waals surface area (Å²) >= 11 is 0. The average molecular weight is 645 g/mol. The van der Waals surface area contributed by atoms with Gasteiger partial charge in [-0.05, 0) is 13.8 Å². The molecule has 0 aliphatic carbocycles. The number of hydrogen-bond donors (Lipinski definition) is 7. The highest BCUT2D eigenvalue weighted by molar-refractivity contribution is 7.17. The zero-order valence-corrected chi connectivity index (χ0v) is 25.5. The Bertz CT molecular complexity index is 1000. The van der Waals surface area contributed by atoms with E-state index >= 15 is 0 Å². The number of carbonyl (C=O) groups excluding carboxylic acids is 4. The first-order valence-electron chi connectivity index (χ1n) is 12.5. The van der Waals surface area contributed by atoms with E-state index in [2.05, 4.69) is 29.1 Å². The molecule has 2 heterocycles. The molecule has 2 saturated heterocycles. The van der Waals surface area contributed by atoms with E-state index in [4.69, 9.17) is 18.9 Å². The number of carboxylic acid groups (broad SMARTS) is 2. The first-order chi connectivity index (χ1) is 19.3. The molecule has 2 fully saturated rings. The molecular formula is C23H38N2O15P2. The molecule has 0 aromatic heterocycles. The third-order valence-electron chi connectivity index (χ3n) is 5.90. The molecule has 0 aromatic rings. The van der Waals surface area contributed by atoms with Crippen molar-refractivity contribution in [1.29, 1.82) is 0 Å². The van der Waals surface area contributed by atoms with Gasteiger partial charge < -0.3 is 64.7 Å². The number of rotatable bonds is 11. The van der Waals surface area contributed by atoms with E-state index in [0.717, 1.165) is 0 Å². The van der Waals surface area contributed by atoms with Crippen LogP contribution in [-0.4, -0.2) is 128 Å². The van der Waals surface area contributed by atoms with Crippen LogP contribution in [0.5, 0.6) is 0 Å². The van der Waals surface area contributed by atoms with Gasteiger partial charge in [-0.3, -0.25) is 9.59 Å². The Labute approximate surface area is 245 Å². The van der Waals surface area contributed by atoms with E-state index < -0.39 is 102 Å². The number of aldehydes is 2. The van der Waals surface area contributed by atoms with Gasteiger partial charge in [0.05, 0.1) is 36.0 Å². The Balaban J connectivity index is 0.000000422. The zero-order chi connectivity index (χ0) is 32.6. The van der Waals surface area contributed by atoms with Crippen molar-refractivity contribution in [3.8, 4) is 0 Å². The van der Waals surface area contributed by atoms with E-state index in [1.807, 2.05) is 0 Å². The maximum Gasteiger partial charge on any atom is 0.364 e. The van der Waals surface area contributed by atoms with Gasteiger partial charge in [-0.25, -0.2) is 9.59 Å². The second kappa shape index (κ2) is 16.0. The topological polar surface area (TPSA) is 265 Å². The minimum Gasteiger partial charge on any atom is -0.477 e. The van der Waals surface area contributed by atoms with Crippen LogP contribution in [0, 0.1) is 0 Å². The van der Waals surface area contributed by atoms with Gasteiger partial charge in [0.15, 0.2) is 12.6 Å². The molecule has 17 nitrogen and oxygen atoms in total. The fourth-order valence-electron chi connectivity index (χ4n) is 4.35. The lowest BCUT2D eigenvalue weighted by Gasteiger charge is -2.45. The highest BCUT2D eigenvalue weighted by Gasteiger charge is 2.56. The van der Waals surface area contributed by atoms with Crippen LogP contribution in [0.4, 0.5) is 0 Å². The number of carbonyl (C=O) groups is 6. The summed E-state index contributed by atoms with van der Waals surface area (Å²) in [6, 6.07) is -2.16. The molecule has 2 amide bonds. The maximum absolute atomic E-state index is 11.5. The Morgan fingerprint density at radius 1 is 0.857 bits per heavy atom. The molecule has 240 valence electrons. The van der Waals surface area contributed by atoms with Crippen molar-refractivity contribution in [2.24, 2.45) is 0 Å². The lowest BCUT2D eigenvalue weighted by Crippen LogP contribution is -2.66. The second-order valence-corrected chi connectivity index (χ2v) is 11.6. The van der Waals surface area contributed by atoms with Crippen LogP contribution in [0.2, 0.25) is 0 Å². The lowest BCUT2D eigenvalue weighted by atomic mass is 9.90. The quantitative estimate of drug-likeness (QED) is 0.0877. The van der Waals surface area contributed by atoms with Crippen LogP contribution in [0.15, 0.2) is 0 Å². The number of nitrogens with one attached hydrogen (secondary N) is 2. The minimum absolute atomic E-state index is 0.133. The lowest BCUT2D eigenvalue weighted by molar-refractivity contribution is -0.306. The van der Waals surface area contributed by atoms with Crippen molar-refractivity contribution in [3.63, 3.8) is 0 Å². The average Bonchev–Trinajstić information content (AvgIpc) is 2.85. The Morgan fingerprint density at radius 3 is 1.62 bits per heavy atom. The second-order valence-electron chi connectivity index (χ2n) is 9.69. The molecular weight excluding hydrogens is 606 g/mol. The van der Waals surface area contributed by atoms with Gasteiger partial charge in [0.25, 0.3) is 11.6 Å². The number of aliphatic carboxylic acids is 2. The van der Waals surface area contributed by atoms with Crippen molar-refractivity contribution in [2.45, 2.75) is 106 Å². The van der Waals surface area contributed by atoms with Gasteiger partial charge in [0.2, 0.25) is 11.8 Å². The fraction of sp³-hybridized carbons (Fsp3) is 0.739. The van der Waals surface area contributed by atoms with Crippen molar-refractivity contribution < 1.29 is 73.2 Å². The van der Waals surface area contributed by atoms with E-state index in [0.29, 0.717) is 6.29 Å². The van der Waals surface area contributed by atoms with Crippen LogP contribution < -0.4 is 10.6 Å². The molecule has 2 aliphatic heterocycles. The minimum atomic E-state index is -2.23. The maximum atomic E-state index is 11.5. The van der Waals surface area contributed by atoms with Crippen LogP contribution in [0.3, 0.4) is 0 Å². The van der Waals surface area contributed by atoms with Crippen molar-refractivity contribution in [3.05, 3.63) is 0 Å². The number of carboxylic acids is 2. The van der Waals surface area contributed by atoms with Crippen LogP contribution in [0.1, 0.15) is 40.5 Å². The van der Waals surface area contributed by atoms with Gasteiger partial charge in [-0.2, -0.15) is 0 Å². The predicted octanol–water partition coefficient (Wildman–Crippen LogP) is -2.92. The summed E-state index contributed by atoms with van der Waals surface area (Å²) in [6.45, 7) is 5.50. The number of aliphatic hydroxyl groups excluding tert-OH is 3. The standard InChI is InChI=1S/C12H20NO8P.C11H18NO7P/c1-5(15)13-9-7(16)3-12(11(18)19,20-6(2)22)21-10(9)8(17)4-14;1-5(14)12-9-7(15)3-11(10(16)17,18-6(2)20)19-8(9)4-13/h4,6-10,16-17H,3,22H2,1-2H3,(H,13,15)(H,18,19);4,6-9,15H,3,20H2,1-2H3,(H,12,14)(H,16,17). The van der Waals surface area contributed by atoms with Gasteiger partial charge >= 0.3 is 11.9 Å². The summed E-state index contributed by atoms with van der Waals surface area (Å²) in [5.41, 5.74) is 0. The number of hydrogen-bond acceptors (Lipinski definition) is 13. The summed E-state index contributed by atoms with van der Waals surface area (Å²) in [6.07, 6.45) is -7.63. The molecule has 13 atom stereocenters. The van der Waals surface area contributed by atoms with Gasteiger partial charge in [0, 0.05) is 26.7 Å². The summed E-state index contributed by atoms with van der Waals surface area (Å²) in [5, 5.41) is 53.2. The number of aliphatic hydroxyl groups is 3. The molecule has 2 rings (SSSR count). The molecule has 0 saturated carbocycles. The summed E-state index contributed by atoms with van der Waals surface area (Å²) in [4.78, 5) is 67.0. The molecule has 2 aliphatic rings. The zero-order valence-electron chi connectivity index (χ0n) is 23.2. The summed E-state index contributed by atoms with van der Waals surface area (Å²) in [5.74, 6) is -9.50. The molecule has 0 bridgehead atoms. The molecule has 13 unspecified atom stereocenters. The number of ether oxygens (including phenoxy) is 4. The van der Waals surface area contributed by atoms with E-state index in [1.165, 1.54) is 20.8 Å². The monoisotopic (exact) mass is 644 g/mol. The third kappa shape index (κ3) is 9.93. The Morgan fingerprint density at radius 2 is 1.26 bits per heavy atom. The Hall–Kier alpha value is -2.20. The van der Waals surface area contributed by atoms with Crippen molar-refractivity contribution >= 4 is 54.8 Å². The predicted molar refractivity (Wildman–Crippen MR) is 146 cm³/mol. The largest absolute Gasteiger partial charge is 0.477 e. The van der Waals surface area contributed by atoms with Crippen molar-refractivity contribution in [2.75, 3.05) is 0 Å². The first kappa shape index (κ1) is 37.8. The molecule has 19 heteroatoms. The first-order valence-corrected chi connectivity index (χ1v) is 13.9. The molecule has 42 heavy (non-hydrogen) atoms. The third-order valence-corrected chi connectivity index (χ3v) is 6.17. The summed E-state index contributed by atoms with van der Waals surface area (Å²) < 4.78 is 20.9. The SMILES string of the molecule is CC(=O)NC1C(O)CC(OC(C)P)(C(=O)O)OC1C(O)C=O.CC(=O)NC1C(O)CC(OC(C)P)(C(=O)O)OC1C=O. The van der Waals surface area contributed by atoms with Crippen LogP contribution in [0.25, 0.3) is 0 Å². The normalized spacial score (nSPS) is 34.8. The highest BCUT2D eigenvalue weighted by Crippen LogP contribution is 2.35. The Kier molecular flexibility index (Phi) is 14.4. The number of amides is 2. The van der Waals surface area contributed by atoms with Crippen molar-refractivity contribution in [1.82, 2.24) is 10.6 Å². The van der Waals surface area contributed by atoms with Crippen LogP contribution >= 0.6 is 18.5 Å². The molecule has 7 N–H and O–H groups in total. The smallest absolute Gasteiger partial charge is 0.364 e. The summed E-state index contributed by atoms with van der Waals surface area (Å²) in [7, 11) is 4.45. The van der Waals surface area contributed by atoms with Gasteiger partial charge in [-0.1, -0.05) is 0 Å². The highest BCUT2D eigenvalue weighted by atomic mass is 31.0. The van der Waals surface area contributed by atoms with E-state index in [9.17, 15) is 54.3 Å².